The maximum atomic E-state index is 12.8. The van der Waals surface area contributed by atoms with Crippen molar-refractivity contribution in [1.29, 1.82) is 0 Å². The summed E-state index contributed by atoms with van der Waals surface area (Å²) in [6.45, 7) is 4.80. The SMILES string of the molecule is CC(C)(C)C(=O)OOc1ncc(F)nc1C(N)=O. The molecule has 1 rings (SSSR count). The molecule has 0 saturated carbocycles. The Bertz CT molecular complexity index is 485. The molecule has 0 bridgehead atoms. The van der Waals surface area contributed by atoms with Crippen molar-refractivity contribution in [3.05, 3.63) is 17.8 Å². The molecule has 0 aliphatic rings. The van der Waals surface area contributed by atoms with Crippen LogP contribution in [0.4, 0.5) is 4.39 Å². The lowest BCUT2D eigenvalue weighted by atomic mass is 9.98. The molecule has 8 heteroatoms. The number of amides is 1. The molecule has 0 aromatic carbocycles. The molecular formula is C10H12FN3O4. The minimum atomic E-state index is -1.05. The standard InChI is InChI=1S/C10H12FN3O4/c1-10(2,3)9(16)18-17-8-6(7(12)15)14-5(11)4-13-8/h4H,1-3H3,(H2,12,15). The highest BCUT2D eigenvalue weighted by atomic mass is 19.1. The summed E-state index contributed by atoms with van der Waals surface area (Å²) < 4.78 is 12.8. The molecule has 1 aromatic rings. The second-order valence-electron chi connectivity index (χ2n) is 4.41. The lowest BCUT2D eigenvalue weighted by Crippen LogP contribution is -2.25. The smallest absolute Gasteiger partial charge is 0.360 e. The molecule has 0 aliphatic carbocycles. The summed E-state index contributed by atoms with van der Waals surface area (Å²) in [4.78, 5) is 38.0. The molecule has 18 heavy (non-hydrogen) atoms. The molecule has 1 aromatic heterocycles. The van der Waals surface area contributed by atoms with E-state index in [1.165, 1.54) is 0 Å². The van der Waals surface area contributed by atoms with Gasteiger partial charge in [-0.05, 0) is 20.8 Å². The predicted molar refractivity (Wildman–Crippen MR) is 56.7 cm³/mol. The number of nitrogens with two attached hydrogens (primary N) is 1. The first-order valence-corrected chi connectivity index (χ1v) is 4.93. The van der Waals surface area contributed by atoms with E-state index >= 15 is 0 Å². The van der Waals surface area contributed by atoms with Crippen molar-refractivity contribution in [1.82, 2.24) is 9.97 Å². The Morgan fingerprint density at radius 2 is 2.00 bits per heavy atom. The van der Waals surface area contributed by atoms with Crippen LogP contribution in [0.3, 0.4) is 0 Å². The van der Waals surface area contributed by atoms with E-state index in [0.29, 0.717) is 6.20 Å². The zero-order valence-electron chi connectivity index (χ0n) is 10.1. The van der Waals surface area contributed by atoms with Crippen LogP contribution in [-0.4, -0.2) is 21.8 Å². The summed E-state index contributed by atoms with van der Waals surface area (Å²) in [5.41, 5.74) is 3.58. The van der Waals surface area contributed by atoms with Crippen LogP contribution in [0.1, 0.15) is 31.3 Å². The summed E-state index contributed by atoms with van der Waals surface area (Å²) in [5.74, 6) is -3.22. The van der Waals surface area contributed by atoms with E-state index < -0.39 is 34.8 Å². The van der Waals surface area contributed by atoms with Crippen molar-refractivity contribution < 1.29 is 23.8 Å². The van der Waals surface area contributed by atoms with Gasteiger partial charge in [0.05, 0.1) is 11.6 Å². The van der Waals surface area contributed by atoms with Gasteiger partial charge in [-0.15, -0.1) is 0 Å². The van der Waals surface area contributed by atoms with Crippen LogP contribution in [0.25, 0.3) is 0 Å². The first-order valence-electron chi connectivity index (χ1n) is 4.93. The minimum Gasteiger partial charge on any atom is -0.364 e. The zero-order valence-corrected chi connectivity index (χ0v) is 10.1. The number of aromatic nitrogens is 2. The summed E-state index contributed by atoms with van der Waals surface area (Å²) in [6.07, 6.45) is 0.701. The van der Waals surface area contributed by atoms with Crippen molar-refractivity contribution in [2.24, 2.45) is 11.1 Å². The monoisotopic (exact) mass is 257 g/mol. The fourth-order valence-electron chi connectivity index (χ4n) is 0.780. The van der Waals surface area contributed by atoms with E-state index in [-0.39, 0.29) is 0 Å². The Hall–Kier alpha value is -2.25. The van der Waals surface area contributed by atoms with Gasteiger partial charge in [-0.2, -0.15) is 4.39 Å². The Kier molecular flexibility index (Phi) is 3.79. The number of carbonyl (C=O) groups excluding carboxylic acids is 2. The van der Waals surface area contributed by atoms with Gasteiger partial charge in [-0.1, -0.05) is 0 Å². The number of rotatable bonds is 3. The van der Waals surface area contributed by atoms with Gasteiger partial charge < -0.3 is 5.73 Å². The van der Waals surface area contributed by atoms with Gasteiger partial charge in [0.15, 0.2) is 5.69 Å². The van der Waals surface area contributed by atoms with Crippen molar-refractivity contribution in [2.75, 3.05) is 0 Å². The van der Waals surface area contributed by atoms with Gasteiger partial charge in [-0.25, -0.2) is 19.7 Å². The number of hydrogen-bond acceptors (Lipinski definition) is 6. The van der Waals surface area contributed by atoms with Crippen molar-refractivity contribution in [3.63, 3.8) is 0 Å². The second kappa shape index (κ2) is 4.94. The highest BCUT2D eigenvalue weighted by molar-refractivity contribution is 5.92. The van der Waals surface area contributed by atoms with Crippen LogP contribution in [0.15, 0.2) is 6.20 Å². The van der Waals surface area contributed by atoms with Gasteiger partial charge in [0.1, 0.15) is 0 Å². The van der Waals surface area contributed by atoms with Gasteiger partial charge in [0, 0.05) is 0 Å². The lowest BCUT2D eigenvalue weighted by molar-refractivity contribution is -0.225. The summed E-state index contributed by atoms with van der Waals surface area (Å²) in [6, 6.07) is 0. The average molecular weight is 257 g/mol. The summed E-state index contributed by atoms with van der Waals surface area (Å²) >= 11 is 0. The molecule has 0 unspecified atom stereocenters. The highest BCUT2D eigenvalue weighted by Crippen LogP contribution is 2.18. The molecule has 7 nitrogen and oxygen atoms in total. The predicted octanol–water partition coefficient (Wildman–Crippen LogP) is 0.598. The van der Waals surface area contributed by atoms with E-state index in [4.69, 9.17) is 5.73 Å². The van der Waals surface area contributed by atoms with Crippen LogP contribution in [0.2, 0.25) is 0 Å². The lowest BCUT2D eigenvalue weighted by Gasteiger charge is -2.14. The number of carbonyl (C=O) groups is 2. The second-order valence-corrected chi connectivity index (χ2v) is 4.41. The minimum absolute atomic E-state index is 0.471. The Morgan fingerprint density at radius 3 is 2.50 bits per heavy atom. The van der Waals surface area contributed by atoms with Gasteiger partial charge in [0.25, 0.3) is 5.91 Å². The third-order valence-electron chi connectivity index (χ3n) is 1.75. The van der Waals surface area contributed by atoms with Gasteiger partial charge in [-0.3, -0.25) is 9.68 Å². The zero-order chi connectivity index (χ0) is 13.9. The molecule has 0 spiro atoms. The maximum Gasteiger partial charge on any atom is 0.360 e. The van der Waals surface area contributed by atoms with E-state index in [1.54, 1.807) is 20.8 Å². The first kappa shape index (κ1) is 13.8. The first-order chi connectivity index (χ1) is 8.21. The number of hydrogen-bond donors (Lipinski definition) is 1. The Labute approximate surface area is 102 Å². The molecule has 2 N–H and O–H groups in total. The third-order valence-corrected chi connectivity index (χ3v) is 1.75. The Morgan fingerprint density at radius 1 is 1.39 bits per heavy atom. The molecule has 1 amide bonds. The normalized spacial score (nSPS) is 10.9. The Balaban J connectivity index is 2.86. The maximum absolute atomic E-state index is 12.8. The fourth-order valence-corrected chi connectivity index (χ4v) is 0.780. The topological polar surface area (TPSA) is 104 Å². The number of halogens is 1. The average Bonchev–Trinajstić information content (AvgIpc) is 2.25. The van der Waals surface area contributed by atoms with Crippen LogP contribution in [0, 0.1) is 11.4 Å². The van der Waals surface area contributed by atoms with Crippen LogP contribution in [0.5, 0.6) is 5.88 Å². The molecule has 0 saturated heterocycles. The van der Waals surface area contributed by atoms with Gasteiger partial charge in [0.2, 0.25) is 5.95 Å². The summed E-state index contributed by atoms with van der Waals surface area (Å²) in [7, 11) is 0. The van der Waals surface area contributed by atoms with E-state index in [2.05, 4.69) is 19.7 Å². The molecule has 0 aliphatic heterocycles. The largest absolute Gasteiger partial charge is 0.364 e. The third kappa shape index (κ3) is 3.37. The highest BCUT2D eigenvalue weighted by Gasteiger charge is 2.26. The van der Waals surface area contributed by atoms with Crippen LogP contribution < -0.4 is 10.6 Å². The van der Waals surface area contributed by atoms with E-state index in [9.17, 15) is 14.0 Å². The summed E-state index contributed by atoms with van der Waals surface area (Å²) in [5, 5.41) is 0. The van der Waals surface area contributed by atoms with Crippen molar-refractivity contribution in [3.8, 4) is 5.88 Å². The molecular weight excluding hydrogens is 245 g/mol. The molecule has 0 fully saturated rings. The van der Waals surface area contributed by atoms with Gasteiger partial charge >= 0.3 is 11.8 Å². The van der Waals surface area contributed by atoms with Crippen molar-refractivity contribution >= 4 is 11.9 Å². The molecule has 0 atom stereocenters. The number of nitrogens with zero attached hydrogens (tertiary/aromatic N) is 2. The molecule has 0 radical (unpaired) electrons. The fraction of sp³-hybridized carbons (Fsp3) is 0.400. The van der Waals surface area contributed by atoms with Crippen LogP contribution >= 0.6 is 0 Å². The quantitative estimate of drug-likeness (QED) is 0.628. The van der Waals surface area contributed by atoms with E-state index in [1.807, 2.05) is 0 Å². The van der Waals surface area contributed by atoms with Crippen molar-refractivity contribution in [2.45, 2.75) is 20.8 Å². The molecule has 98 valence electrons. The van der Waals surface area contributed by atoms with E-state index in [0.717, 1.165) is 0 Å². The number of primary amides is 1. The molecule has 1 heterocycles. The van der Waals surface area contributed by atoms with Crippen LogP contribution in [-0.2, 0) is 9.68 Å².